The van der Waals surface area contributed by atoms with Crippen molar-refractivity contribution in [1.29, 1.82) is 0 Å². The number of halogens is 1. The number of ether oxygens (including phenoxy) is 1. The van der Waals surface area contributed by atoms with Crippen LogP contribution in [0.2, 0.25) is 5.02 Å². The molecule has 2 aromatic carbocycles. The Kier molecular flexibility index (Phi) is 4.14. The van der Waals surface area contributed by atoms with Crippen molar-refractivity contribution >= 4 is 23.5 Å². The van der Waals surface area contributed by atoms with Gasteiger partial charge in [0.15, 0.2) is 0 Å². The molecule has 0 aliphatic carbocycles. The lowest BCUT2D eigenvalue weighted by Crippen LogP contribution is -2.02. The van der Waals surface area contributed by atoms with Crippen LogP contribution in [0.1, 0.15) is 20.7 Å². The van der Waals surface area contributed by atoms with Gasteiger partial charge in [-0.3, -0.25) is 0 Å². The second kappa shape index (κ2) is 5.85. The fraction of sp³-hybridized carbons (Fsp3) is 0.0667. The second-order valence-corrected chi connectivity index (χ2v) is 4.63. The predicted octanol–water partition coefficient (Wildman–Crippen LogP) is 3.20. The Morgan fingerprint density at radius 1 is 1.14 bits per heavy atom. The summed E-state index contributed by atoms with van der Waals surface area (Å²) in [5.74, 6) is -1.93. The summed E-state index contributed by atoms with van der Waals surface area (Å²) in [5.41, 5.74) is 1.05. The van der Waals surface area contributed by atoms with E-state index in [4.69, 9.17) is 16.7 Å². The Labute approximate surface area is 125 Å². The molecule has 0 atom stereocenters. The van der Waals surface area contributed by atoms with Crippen molar-refractivity contribution in [2.45, 2.75) is 0 Å². The number of carboxylic acids is 1. The minimum absolute atomic E-state index is 0.0293. The van der Waals surface area contributed by atoms with E-state index in [-0.39, 0.29) is 21.9 Å². The molecule has 0 saturated heterocycles. The third-order valence-corrected chi connectivity index (χ3v) is 3.26. The fourth-order valence-electron chi connectivity index (χ4n) is 1.87. The first kappa shape index (κ1) is 14.9. The topological polar surface area (TPSA) is 83.8 Å². The molecule has 2 rings (SSSR count). The third-order valence-electron chi connectivity index (χ3n) is 2.93. The van der Waals surface area contributed by atoms with Crippen molar-refractivity contribution in [3.05, 3.63) is 52.5 Å². The Balaban J connectivity index is 2.52. The van der Waals surface area contributed by atoms with Gasteiger partial charge in [0.05, 0.1) is 23.3 Å². The van der Waals surface area contributed by atoms with Gasteiger partial charge in [0.1, 0.15) is 5.75 Å². The highest BCUT2D eigenvalue weighted by Gasteiger charge is 2.14. The molecule has 108 valence electrons. The average molecular weight is 307 g/mol. The molecule has 0 aliphatic heterocycles. The number of methoxy groups -OCH3 is 1. The summed E-state index contributed by atoms with van der Waals surface area (Å²) in [6, 6.07) is 8.57. The summed E-state index contributed by atoms with van der Waals surface area (Å²) >= 11 is 5.92. The predicted molar refractivity (Wildman–Crippen MR) is 76.9 cm³/mol. The quantitative estimate of drug-likeness (QED) is 0.851. The van der Waals surface area contributed by atoms with Gasteiger partial charge >= 0.3 is 11.9 Å². The molecular formula is C15H11ClO5. The van der Waals surface area contributed by atoms with E-state index in [9.17, 15) is 14.7 Å². The maximum Gasteiger partial charge on any atom is 0.339 e. The van der Waals surface area contributed by atoms with E-state index in [1.165, 1.54) is 31.4 Å². The maximum atomic E-state index is 11.6. The normalized spacial score (nSPS) is 10.2. The van der Waals surface area contributed by atoms with E-state index >= 15 is 0 Å². The molecule has 0 bridgehead atoms. The molecule has 2 N–H and O–H groups in total. The van der Waals surface area contributed by atoms with Gasteiger partial charge in [-0.25, -0.2) is 9.59 Å². The molecule has 6 heteroatoms. The molecule has 0 aromatic heterocycles. The number of esters is 1. The molecule has 0 spiro atoms. The van der Waals surface area contributed by atoms with Crippen molar-refractivity contribution in [2.24, 2.45) is 0 Å². The standard InChI is InChI=1S/C15H11ClO5/c1-21-15(20)11-6-8(3-5-12(11)16)10-4-2-9(14(18)19)7-13(10)17/h2-7,17H,1H3,(H,18,19). The van der Waals surface area contributed by atoms with Crippen LogP contribution in [-0.4, -0.2) is 29.3 Å². The number of hydrogen-bond acceptors (Lipinski definition) is 4. The van der Waals surface area contributed by atoms with E-state index in [0.29, 0.717) is 11.1 Å². The van der Waals surface area contributed by atoms with E-state index in [1.54, 1.807) is 6.07 Å². The SMILES string of the molecule is COC(=O)c1cc(-c2ccc(C(=O)O)cc2O)ccc1Cl. The number of rotatable bonds is 3. The van der Waals surface area contributed by atoms with Gasteiger partial charge in [0, 0.05) is 5.56 Å². The van der Waals surface area contributed by atoms with Crippen molar-refractivity contribution in [2.75, 3.05) is 7.11 Å². The summed E-state index contributed by atoms with van der Waals surface area (Å²) in [6.45, 7) is 0. The second-order valence-electron chi connectivity index (χ2n) is 4.22. The van der Waals surface area contributed by atoms with Gasteiger partial charge in [-0.15, -0.1) is 0 Å². The molecule has 2 aromatic rings. The average Bonchev–Trinajstić information content (AvgIpc) is 2.47. The van der Waals surface area contributed by atoms with Gasteiger partial charge in [0.25, 0.3) is 0 Å². The first-order valence-corrected chi connectivity index (χ1v) is 6.26. The summed E-state index contributed by atoms with van der Waals surface area (Å²) in [5, 5.41) is 19.0. The lowest BCUT2D eigenvalue weighted by atomic mass is 10.0. The summed E-state index contributed by atoms with van der Waals surface area (Å²) < 4.78 is 4.63. The van der Waals surface area contributed by atoms with Crippen LogP contribution in [0.15, 0.2) is 36.4 Å². The van der Waals surface area contributed by atoms with Crippen LogP contribution in [0.4, 0.5) is 0 Å². The number of aromatic hydroxyl groups is 1. The number of carbonyl (C=O) groups is 2. The van der Waals surface area contributed by atoms with Gasteiger partial charge in [-0.2, -0.15) is 0 Å². The Morgan fingerprint density at radius 3 is 2.43 bits per heavy atom. The Hall–Kier alpha value is -2.53. The van der Waals surface area contributed by atoms with Crippen LogP contribution in [0.25, 0.3) is 11.1 Å². The Bertz CT molecular complexity index is 724. The molecular weight excluding hydrogens is 296 g/mol. The summed E-state index contributed by atoms with van der Waals surface area (Å²) in [7, 11) is 1.24. The molecule has 0 heterocycles. The van der Waals surface area contributed by atoms with Crippen molar-refractivity contribution in [3.63, 3.8) is 0 Å². The first-order valence-electron chi connectivity index (χ1n) is 5.88. The fourth-order valence-corrected chi connectivity index (χ4v) is 2.06. The van der Waals surface area contributed by atoms with Gasteiger partial charge in [-0.05, 0) is 35.9 Å². The molecule has 5 nitrogen and oxygen atoms in total. The van der Waals surface area contributed by atoms with Crippen LogP contribution in [-0.2, 0) is 4.74 Å². The number of carboxylic acid groups (broad SMARTS) is 1. The van der Waals surface area contributed by atoms with E-state index in [2.05, 4.69) is 4.74 Å². The largest absolute Gasteiger partial charge is 0.507 e. The third kappa shape index (κ3) is 2.98. The summed E-state index contributed by atoms with van der Waals surface area (Å²) in [4.78, 5) is 22.4. The monoisotopic (exact) mass is 306 g/mol. The number of benzene rings is 2. The number of carbonyl (C=O) groups excluding carboxylic acids is 1. The van der Waals surface area contributed by atoms with Crippen LogP contribution < -0.4 is 0 Å². The van der Waals surface area contributed by atoms with Crippen molar-refractivity contribution < 1.29 is 24.5 Å². The maximum absolute atomic E-state index is 11.6. The van der Waals surface area contributed by atoms with E-state index < -0.39 is 11.9 Å². The highest BCUT2D eigenvalue weighted by Crippen LogP contribution is 2.32. The molecule has 0 aliphatic rings. The van der Waals surface area contributed by atoms with E-state index in [0.717, 1.165) is 6.07 Å². The van der Waals surface area contributed by atoms with Crippen LogP contribution >= 0.6 is 11.6 Å². The van der Waals surface area contributed by atoms with Gasteiger partial charge in [-0.1, -0.05) is 17.7 Å². The lowest BCUT2D eigenvalue weighted by molar-refractivity contribution is 0.0600. The zero-order valence-electron chi connectivity index (χ0n) is 11.0. The number of phenolic OH excluding ortho intramolecular Hbond substituents is 1. The zero-order chi connectivity index (χ0) is 15.6. The molecule has 21 heavy (non-hydrogen) atoms. The van der Waals surface area contributed by atoms with Crippen LogP contribution in [0.3, 0.4) is 0 Å². The minimum atomic E-state index is -1.14. The van der Waals surface area contributed by atoms with Crippen molar-refractivity contribution in [3.8, 4) is 16.9 Å². The lowest BCUT2D eigenvalue weighted by Gasteiger charge is -2.09. The smallest absolute Gasteiger partial charge is 0.339 e. The van der Waals surface area contributed by atoms with Crippen LogP contribution in [0.5, 0.6) is 5.75 Å². The molecule has 0 amide bonds. The highest BCUT2D eigenvalue weighted by atomic mass is 35.5. The number of hydrogen-bond donors (Lipinski definition) is 2. The highest BCUT2D eigenvalue weighted by molar-refractivity contribution is 6.33. The summed E-state index contributed by atoms with van der Waals surface area (Å²) in [6.07, 6.45) is 0. The van der Waals surface area contributed by atoms with E-state index in [1.807, 2.05) is 0 Å². The molecule has 0 radical (unpaired) electrons. The zero-order valence-corrected chi connectivity index (χ0v) is 11.7. The molecule has 0 fully saturated rings. The van der Waals surface area contributed by atoms with Crippen molar-refractivity contribution in [1.82, 2.24) is 0 Å². The first-order chi connectivity index (χ1) is 9.93. The van der Waals surface area contributed by atoms with Crippen LogP contribution in [0, 0.1) is 0 Å². The molecule has 0 saturated carbocycles. The number of phenols is 1. The van der Waals surface area contributed by atoms with Gasteiger partial charge in [0.2, 0.25) is 0 Å². The number of aromatic carboxylic acids is 1. The Morgan fingerprint density at radius 2 is 1.86 bits per heavy atom. The molecule has 0 unspecified atom stereocenters. The minimum Gasteiger partial charge on any atom is -0.507 e. The van der Waals surface area contributed by atoms with Gasteiger partial charge < -0.3 is 14.9 Å².